The Kier molecular flexibility index (Phi) is 8.26. The van der Waals surface area contributed by atoms with Crippen molar-refractivity contribution in [3.8, 4) is 16.9 Å². The van der Waals surface area contributed by atoms with Crippen molar-refractivity contribution >= 4 is 34.3 Å². The smallest absolute Gasteiger partial charge is 0.367 e. The lowest BCUT2D eigenvalue weighted by Crippen LogP contribution is -2.43. The molecule has 48 heavy (non-hydrogen) atoms. The Labute approximate surface area is 275 Å². The summed E-state index contributed by atoms with van der Waals surface area (Å²) >= 11 is 0. The molecule has 1 amide bonds. The van der Waals surface area contributed by atoms with Gasteiger partial charge in [-0.2, -0.15) is 13.2 Å². The Morgan fingerprint density at radius 2 is 1.60 bits per heavy atom. The van der Waals surface area contributed by atoms with Crippen LogP contribution in [0, 0.1) is 6.92 Å². The van der Waals surface area contributed by atoms with Crippen molar-refractivity contribution in [3.05, 3.63) is 126 Å². The van der Waals surface area contributed by atoms with E-state index in [-0.39, 0.29) is 17.8 Å². The first-order valence-electron chi connectivity index (χ1n) is 15.7. The first-order chi connectivity index (χ1) is 23.2. The number of carbonyl (C=O) groups is 1. The van der Waals surface area contributed by atoms with Crippen LogP contribution < -0.4 is 10.6 Å². The number of hydrogen-bond acceptors (Lipinski definition) is 6. The van der Waals surface area contributed by atoms with Gasteiger partial charge in [-0.1, -0.05) is 36.4 Å². The normalized spacial score (nSPS) is 13.9. The Morgan fingerprint density at radius 3 is 2.35 bits per heavy atom. The van der Waals surface area contributed by atoms with Crippen molar-refractivity contribution in [2.75, 3.05) is 23.7 Å². The maximum atomic E-state index is 13.8. The number of piperidine rings is 1. The fraction of sp³-hybridized carbons (Fsp3) is 0.189. The zero-order valence-electron chi connectivity index (χ0n) is 26.1. The van der Waals surface area contributed by atoms with Gasteiger partial charge in [0, 0.05) is 48.2 Å². The predicted molar refractivity (Wildman–Crippen MR) is 181 cm³/mol. The quantitative estimate of drug-likeness (QED) is 0.181. The molecule has 1 fully saturated rings. The van der Waals surface area contributed by atoms with Gasteiger partial charge in [-0.15, -0.1) is 0 Å². The summed E-state index contributed by atoms with van der Waals surface area (Å²) in [5.74, 6) is 1.16. The Bertz CT molecular complexity index is 2070. The Balaban J connectivity index is 1.000. The molecule has 2 N–H and O–H groups in total. The van der Waals surface area contributed by atoms with E-state index in [1.165, 1.54) is 0 Å². The highest BCUT2D eigenvalue weighted by atomic mass is 19.4. The summed E-state index contributed by atoms with van der Waals surface area (Å²) in [6, 6.07) is 29.4. The molecule has 11 heteroatoms. The van der Waals surface area contributed by atoms with Crippen molar-refractivity contribution in [2.24, 2.45) is 0 Å². The molecule has 0 bridgehead atoms. The van der Waals surface area contributed by atoms with Gasteiger partial charge >= 0.3 is 6.18 Å². The molecule has 0 saturated carbocycles. The van der Waals surface area contributed by atoms with E-state index in [1.54, 1.807) is 12.3 Å². The lowest BCUT2D eigenvalue weighted by atomic mass is 10.0. The van der Waals surface area contributed by atoms with E-state index in [1.807, 2.05) is 95.3 Å². The average Bonchev–Trinajstić information content (AvgIpc) is 3.48. The van der Waals surface area contributed by atoms with E-state index in [4.69, 9.17) is 0 Å². The van der Waals surface area contributed by atoms with Crippen molar-refractivity contribution < 1.29 is 18.0 Å². The van der Waals surface area contributed by atoms with Crippen molar-refractivity contribution in [1.29, 1.82) is 0 Å². The second-order valence-corrected chi connectivity index (χ2v) is 11.9. The third kappa shape index (κ3) is 6.57. The van der Waals surface area contributed by atoms with Crippen LogP contribution in [0.25, 0.3) is 27.8 Å². The molecular weight excluding hydrogens is 615 g/mol. The number of halogens is 3. The summed E-state index contributed by atoms with van der Waals surface area (Å²) in [5.41, 5.74) is 4.09. The summed E-state index contributed by atoms with van der Waals surface area (Å²) in [6.07, 6.45) is -0.0779. The van der Waals surface area contributed by atoms with E-state index in [0.717, 1.165) is 58.9 Å². The monoisotopic (exact) mass is 647 g/mol. The number of para-hydroxylation sites is 2. The van der Waals surface area contributed by atoms with Crippen LogP contribution in [0.3, 0.4) is 0 Å². The number of nitrogens with one attached hydrogen (secondary N) is 2. The van der Waals surface area contributed by atoms with Crippen LogP contribution >= 0.6 is 0 Å². The summed E-state index contributed by atoms with van der Waals surface area (Å²) < 4.78 is 41.5. The zero-order valence-corrected chi connectivity index (χ0v) is 26.1. The largest absolute Gasteiger partial charge is 0.416 e. The van der Waals surface area contributed by atoms with E-state index < -0.39 is 11.7 Å². The molecule has 1 aliphatic rings. The molecule has 2 aromatic carbocycles. The number of nitrogens with zero attached hydrogens (tertiary/aromatic N) is 5. The highest BCUT2D eigenvalue weighted by Crippen LogP contribution is 2.31. The molecule has 0 radical (unpaired) electrons. The number of likely N-dealkylation sites (tertiary alicyclic amines) is 1. The topological polar surface area (TPSA) is 88.0 Å². The van der Waals surface area contributed by atoms with E-state index in [9.17, 15) is 18.0 Å². The SMILES string of the molecule is Cc1cc(Nc2cc(C(F)(F)F)ccn2)nc(-c2ccc(NC3CCN(C(=O)c4cc5ccccc5n4-c4ccccc4)CC3)nc2)c1. The molecule has 242 valence electrons. The van der Waals surface area contributed by atoms with Crippen LogP contribution in [0.5, 0.6) is 0 Å². The average molecular weight is 648 g/mol. The van der Waals surface area contributed by atoms with Crippen molar-refractivity contribution in [1.82, 2.24) is 24.4 Å². The number of hydrogen-bond donors (Lipinski definition) is 2. The highest BCUT2D eigenvalue weighted by molar-refractivity contribution is 6.00. The minimum Gasteiger partial charge on any atom is -0.367 e. The zero-order chi connectivity index (χ0) is 33.3. The van der Waals surface area contributed by atoms with Crippen LogP contribution in [0.1, 0.15) is 34.5 Å². The summed E-state index contributed by atoms with van der Waals surface area (Å²) in [7, 11) is 0. The van der Waals surface area contributed by atoms with Gasteiger partial charge in [0.05, 0.1) is 16.8 Å². The highest BCUT2D eigenvalue weighted by Gasteiger charge is 2.31. The minimum absolute atomic E-state index is 0.0133. The number of pyridine rings is 3. The standard InChI is InChI=1S/C37H32F3N7O/c1-24-19-30(44-35(20-24)45-34-22-27(13-16-41-34)37(38,39)40)26-11-12-33(42-23-26)43-28-14-17-46(18-15-28)36(48)32-21-25-7-5-6-10-31(25)47(32)29-8-3-2-4-9-29/h2-13,16,19-23,28H,14-15,17-18H2,1H3,(H,42,43)(H,41,44,45). The summed E-state index contributed by atoms with van der Waals surface area (Å²) in [6.45, 7) is 3.13. The summed E-state index contributed by atoms with van der Waals surface area (Å²) in [4.78, 5) is 29.0. The van der Waals surface area contributed by atoms with E-state index in [2.05, 4.69) is 25.6 Å². The third-order valence-electron chi connectivity index (χ3n) is 8.45. The molecule has 1 saturated heterocycles. The maximum absolute atomic E-state index is 13.8. The van der Waals surface area contributed by atoms with Gasteiger partial charge in [-0.3, -0.25) is 4.79 Å². The maximum Gasteiger partial charge on any atom is 0.416 e. The molecule has 8 nitrogen and oxygen atoms in total. The number of benzene rings is 2. The number of fused-ring (bicyclic) bond motifs is 1. The molecule has 0 unspecified atom stereocenters. The Hall–Kier alpha value is -5.71. The van der Waals surface area contributed by atoms with Gasteiger partial charge in [0.1, 0.15) is 23.1 Å². The third-order valence-corrected chi connectivity index (χ3v) is 8.45. The number of aromatic nitrogens is 4. The molecule has 5 heterocycles. The fourth-order valence-electron chi connectivity index (χ4n) is 6.08. The van der Waals surface area contributed by atoms with Gasteiger partial charge in [0.15, 0.2) is 0 Å². The number of alkyl halides is 3. The molecule has 0 aliphatic carbocycles. The first kappa shape index (κ1) is 30.9. The summed E-state index contributed by atoms with van der Waals surface area (Å²) in [5, 5.41) is 7.42. The minimum atomic E-state index is -4.47. The fourth-order valence-corrected chi connectivity index (χ4v) is 6.08. The van der Waals surface area contributed by atoms with Crippen LogP contribution in [0.15, 0.2) is 109 Å². The van der Waals surface area contributed by atoms with Crippen LogP contribution in [0.4, 0.5) is 30.6 Å². The Morgan fingerprint density at radius 1 is 0.833 bits per heavy atom. The molecular formula is C37H32F3N7O. The first-order valence-corrected chi connectivity index (χ1v) is 15.7. The predicted octanol–water partition coefficient (Wildman–Crippen LogP) is 8.27. The van der Waals surface area contributed by atoms with Crippen molar-refractivity contribution in [2.45, 2.75) is 32.0 Å². The number of carbonyl (C=O) groups excluding carboxylic acids is 1. The van der Waals surface area contributed by atoms with E-state index >= 15 is 0 Å². The van der Waals surface area contributed by atoms with Crippen molar-refractivity contribution in [3.63, 3.8) is 0 Å². The van der Waals surface area contributed by atoms with Gasteiger partial charge in [-0.05, 0) is 86.0 Å². The number of rotatable bonds is 7. The van der Waals surface area contributed by atoms with Crippen LogP contribution in [-0.4, -0.2) is 49.5 Å². The molecule has 4 aromatic heterocycles. The van der Waals surface area contributed by atoms with Gasteiger partial charge in [-0.25, -0.2) is 15.0 Å². The molecule has 6 aromatic rings. The molecule has 0 spiro atoms. The number of anilines is 3. The molecule has 7 rings (SSSR count). The van der Waals surface area contributed by atoms with Gasteiger partial charge < -0.3 is 20.1 Å². The van der Waals surface area contributed by atoms with Gasteiger partial charge in [0.2, 0.25) is 0 Å². The van der Waals surface area contributed by atoms with Crippen LogP contribution in [0.2, 0.25) is 0 Å². The number of aryl methyl sites for hydroxylation is 1. The van der Waals surface area contributed by atoms with E-state index in [0.29, 0.717) is 36.1 Å². The molecule has 1 aliphatic heterocycles. The lowest BCUT2D eigenvalue weighted by Gasteiger charge is -2.33. The van der Waals surface area contributed by atoms with Gasteiger partial charge in [0.25, 0.3) is 5.91 Å². The van der Waals surface area contributed by atoms with Crippen LogP contribution in [-0.2, 0) is 6.18 Å². The second kappa shape index (κ2) is 12.8. The lowest BCUT2D eigenvalue weighted by molar-refractivity contribution is -0.137. The molecule has 0 atom stereocenters. The second-order valence-electron chi connectivity index (χ2n) is 11.9. The number of amides is 1.